The SMILES string of the molecule is CCOc1cc2c(cc1OCC)C1C(C(=O)Nc3cc(C)c(Cl)cc3OC)c3ccccc3C(=O)N1CC2. The van der Waals surface area contributed by atoms with Gasteiger partial charge in [0.25, 0.3) is 5.91 Å². The van der Waals surface area contributed by atoms with Crippen LogP contribution in [0.2, 0.25) is 5.02 Å². The van der Waals surface area contributed by atoms with Gasteiger partial charge in [0.05, 0.1) is 38.0 Å². The molecule has 0 spiro atoms. The molecule has 1 N–H and O–H groups in total. The first kappa shape index (κ1) is 25.9. The average molecular weight is 535 g/mol. The van der Waals surface area contributed by atoms with Crippen molar-refractivity contribution in [2.75, 3.05) is 32.2 Å². The molecule has 198 valence electrons. The summed E-state index contributed by atoms with van der Waals surface area (Å²) in [6.07, 6.45) is 0.658. The topological polar surface area (TPSA) is 77.1 Å². The van der Waals surface area contributed by atoms with Crippen molar-refractivity contribution < 1.29 is 23.8 Å². The van der Waals surface area contributed by atoms with Gasteiger partial charge in [0.1, 0.15) is 5.75 Å². The molecular weight excluding hydrogens is 504 g/mol. The maximum absolute atomic E-state index is 14.2. The molecule has 0 saturated carbocycles. The number of carbonyl (C=O) groups is 2. The van der Waals surface area contributed by atoms with Gasteiger partial charge in [0.15, 0.2) is 11.5 Å². The Bertz CT molecular complexity index is 1410. The number of hydrogen-bond donors (Lipinski definition) is 1. The number of fused-ring (bicyclic) bond motifs is 4. The number of carbonyl (C=O) groups excluding carboxylic acids is 2. The Morgan fingerprint density at radius 3 is 2.45 bits per heavy atom. The van der Waals surface area contributed by atoms with Crippen LogP contribution in [0.1, 0.15) is 58.4 Å². The molecule has 2 aliphatic rings. The van der Waals surface area contributed by atoms with Gasteiger partial charge in [0, 0.05) is 23.2 Å². The molecule has 2 amide bonds. The largest absolute Gasteiger partial charge is 0.495 e. The van der Waals surface area contributed by atoms with Crippen molar-refractivity contribution >= 4 is 29.1 Å². The number of halogens is 1. The highest BCUT2D eigenvalue weighted by Crippen LogP contribution is 2.49. The first-order chi connectivity index (χ1) is 18.4. The number of benzene rings is 3. The number of ether oxygens (including phenoxy) is 3. The maximum atomic E-state index is 14.2. The molecule has 3 aromatic rings. The lowest BCUT2D eigenvalue weighted by molar-refractivity contribution is -0.119. The molecule has 2 unspecified atom stereocenters. The summed E-state index contributed by atoms with van der Waals surface area (Å²) in [5, 5.41) is 3.62. The molecule has 38 heavy (non-hydrogen) atoms. The Labute approximate surface area is 227 Å². The Hall–Kier alpha value is -3.71. The van der Waals surface area contributed by atoms with Crippen molar-refractivity contribution in [1.82, 2.24) is 4.90 Å². The molecule has 5 rings (SSSR count). The zero-order chi connectivity index (χ0) is 27.0. The van der Waals surface area contributed by atoms with E-state index in [2.05, 4.69) is 5.32 Å². The molecule has 2 aliphatic heterocycles. The van der Waals surface area contributed by atoms with Crippen LogP contribution < -0.4 is 19.5 Å². The lowest BCUT2D eigenvalue weighted by atomic mass is 9.75. The van der Waals surface area contributed by atoms with Crippen LogP contribution in [0.25, 0.3) is 0 Å². The molecule has 2 atom stereocenters. The summed E-state index contributed by atoms with van der Waals surface area (Å²) in [4.78, 5) is 29.6. The average Bonchev–Trinajstić information content (AvgIpc) is 2.91. The van der Waals surface area contributed by atoms with Crippen LogP contribution in [0.15, 0.2) is 48.5 Å². The van der Waals surface area contributed by atoms with Gasteiger partial charge in [-0.1, -0.05) is 29.8 Å². The van der Waals surface area contributed by atoms with E-state index in [1.54, 1.807) is 18.2 Å². The zero-order valence-corrected chi connectivity index (χ0v) is 22.7. The summed E-state index contributed by atoms with van der Waals surface area (Å²) in [5.41, 5.74) is 4.52. The van der Waals surface area contributed by atoms with Gasteiger partial charge in [-0.3, -0.25) is 9.59 Å². The fourth-order valence-corrected chi connectivity index (χ4v) is 5.65. The predicted octanol–water partition coefficient (Wildman–Crippen LogP) is 5.93. The molecular formula is C30H31ClN2O5. The van der Waals surface area contributed by atoms with Crippen LogP contribution >= 0.6 is 11.6 Å². The van der Waals surface area contributed by atoms with Gasteiger partial charge in [-0.05, 0) is 73.7 Å². The molecule has 0 fully saturated rings. The van der Waals surface area contributed by atoms with E-state index in [0.717, 1.165) is 16.7 Å². The monoisotopic (exact) mass is 534 g/mol. The number of aryl methyl sites for hydroxylation is 1. The maximum Gasteiger partial charge on any atom is 0.254 e. The highest BCUT2D eigenvalue weighted by atomic mass is 35.5. The molecule has 7 nitrogen and oxygen atoms in total. The third-order valence-corrected chi connectivity index (χ3v) is 7.61. The summed E-state index contributed by atoms with van der Waals surface area (Å²) in [7, 11) is 1.54. The summed E-state index contributed by atoms with van der Waals surface area (Å²) in [5.74, 6) is 0.777. The molecule has 0 radical (unpaired) electrons. The van der Waals surface area contributed by atoms with Crippen LogP contribution in [0.4, 0.5) is 5.69 Å². The van der Waals surface area contributed by atoms with Gasteiger partial charge in [-0.15, -0.1) is 0 Å². The van der Waals surface area contributed by atoms with E-state index in [9.17, 15) is 9.59 Å². The number of methoxy groups -OCH3 is 1. The van der Waals surface area contributed by atoms with E-state index < -0.39 is 12.0 Å². The second kappa shape index (κ2) is 10.6. The Kier molecular flexibility index (Phi) is 7.21. The van der Waals surface area contributed by atoms with Crippen LogP contribution in [0.3, 0.4) is 0 Å². The van der Waals surface area contributed by atoms with Gasteiger partial charge in [-0.2, -0.15) is 0 Å². The van der Waals surface area contributed by atoms with E-state index in [1.807, 2.05) is 56.0 Å². The van der Waals surface area contributed by atoms with Gasteiger partial charge >= 0.3 is 0 Å². The fraction of sp³-hybridized carbons (Fsp3) is 0.333. The summed E-state index contributed by atoms with van der Waals surface area (Å²) >= 11 is 6.30. The molecule has 0 bridgehead atoms. The second-order valence-corrected chi connectivity index (χ2v) is 9.82. The number of rotatable bonds is 7. The zero-order valence-electron chi connectivity index (χ0n) is 22.0. The van der Waals surface area contributed by atoms with E-state index >= 15 is 0 Å². The smallest absolute Gasteiger partial charge is 0.254 e. The van der Waals surface area contributed by atoms with Crippen LogP contribution in [0.5, 0.6) is 17.2 Å². The highest BCUT2D eigenvalue weighted by Gasteiger charge is 2.46. The van der Waals surface area contributed by atoms with Crippen molar-refractivity contribution in [2.45, 2.75) is 39.2 Å². The van der Waals surface area contributed by atoms with E-state index in [-0.39, 0.29) is 11.8 Å². The first-order valence-electron chi connectivity index (χ1n) is 12.8. The summed E-state index contributed by atoms with van der Waals surface area (Å²) in [6, 6.07) is 14.3. The fourth-order valence-electron chi connectivity index (χ4n) is 5.49. The standard InChI is InChI=1S/C30H31ClN2O5/c1-5-37-25-14-18-11-12-33-28(21(18)15-26(25)38-6-2)27(19-9-7-8-10-20(19)30(33)35)29(34)32-23-13-17(3)22(31)16-24(23)36-4/h7-10,13-16,27-28H,5-6,11-12H2,1-4H3,(H,32,34). The second-order valence-electron chi connectivity index (χ2n) is 9.41. The van der Waals surface area contributed by atoms with Gasteiger partial charge in [-0.25, -0.2) is 0 Å². The van der Waals surface area contributed by atoms with Gasteiger partial charge in [0.2, 0.25) is 5.91 Å². The van der Waals surface area contributed by atoms with E-state index in [4.69, 9.17) is 25.8 Å². The summed E-state index contributed by atoms with van der Waals surface area (Å²) < 4.78 is 17.3. The van der Waals surface area contributed by atoms with Crippen molar-refractivity contribution in [1.29, 1.82) is 0 Å². The Balaban J connectivity index is 1.65. The number of amides is 2. The van der Waals surface area contributed by atoms with E-state index in [0.29, 0.717) is 65.3 Å². The molecule has 0 saturated heterocycles. The number of hydrogen-bond acceptors (Lipinski definition) is 5. The minimum absolute atomic E-state index is 0.0768. The normalized spacial score (nSPS) is 17.7. The molecule has 0 aliphatic carbocycles. The molecule has 0 aromatic heterocycles. The first-order valence-corrected chi connectivity index (χ1v) is 13.2. The Morgan fingerprint density at radius 2 is 1.74 bits per heavy atom. The minimum Gasteiger partial charge on any atom is -0.495 e. The van der Waals surface area contributed by atoms with Crippen LogP contribution in [0, 0.1) is 6.92 Å². The number of nitrogens with one attached hydrogen (secondary N) is 1. The third-order valence-electron chi connectivity index (χ3n) is 7.21. The summed E-state index contributed by atoms with van der Waals surface area (Å²) in [6.45, 7) is 7.19. The molecule has 2 heterocycles. The van der Waals surface area contributed by atoms with Crippen molar-refractivity contribution in [3.63, 3.8) is 0 Å². The predicted molar refractivity (Wildman–Crippen MR) is 147 cm³/mol. The van der Waals surface area contributed by atoms with Crippen molar-refractivity contribution in [2.24, 2.45) is 0 Å². The van der Waals surface area contributed by atoms with Crippen molar-refractivity contribution in [3.05, 3.63) is 81.4 Å². The number of nitrogens with zero attached hydrogens (tertiary/aromatic N) is 1. The van der Waals surface area contributed by atoms with Crippen molar-refractivity contribution in [3.8, 4) is 17.2 Å². The Morgan fingerprint density at radius 1 is 1.03 bits per heavy atom. The lowest BCUT2D eigenvalue weighted by Gasteiger charge is -2.45. The van der Waals surface area contributed by atoms with Gasteiger partial charge < -0.3 is 24.4 Å². The van der Waals surface area contributed by atoms with E-state index in [1.165, 1.54) is 7.11 Å². The quantitative estimate of drug-likeness (QED) is 0.406. The number of anilines is 1. The van der Waals surface area contributed by atoms with Crippen LogP contribution in [-0.2, 0) is 11.2 Å². The minimum atomic E-state index is -0.656. The highest BCUT2D eigenvalue weighted by molar-refractivity contribution is 6.31. The lowest BCUT2D eigenvalue weighted by Crippen LogP contribution is -2.49. The molecule has 3 aromatic carbocycles. The van der Waals surface area contributed by atoms with Crippen LogP contribution in [-0.4, -0.2) is 43.6 Å². The third kappa shape index (κ3) is 4.45. The molecule has 8 heteroatoms.